The molecule has 0 amide bonds. The second kappa shape index (κ2) is 8.59. The molecule has 0 radical (unpaired) electrons. The third-order valence-electron chi connectivity index (χ3n) is 4.81. The lowest BCUT2D eigenvalue weighted by atomic mass is 9.95. The summed E-state index contributed by atoms with van der Waals surface area (Å²) in [5.74, 6) is 0.801. The number of hydrogen-bond donors (Lipinski definition) is 1. The van der Waals surface area contributed by atoms with Crippen LogP contribution in [-0.4, -0.2) is 27.3 Å². The summed E-state index contributed by atoms with van der Waals surface area (Å²) < 4.78 is 13.1. The van der Waals surface area contributed by atoms with Crippen LogP contribution < -0.4 is 10.1 Å². The molecule has 1 aliphatic rings. The SMILES string of the molecule is CCOC(=O)C1=C(C)Nc2ncnn2C1c1ccccc1OCc1ccc(Cl)cc1. The molecule has 154 valence electrons. The number of benzene rings is 2. The lowest BCUT2D eigenvalue weighted by Gasteiger charge is -2.29. The number of hydrogen-bond acceptors (Lipinski definition) is 6. The molecule has 0 spiro atoms. The van der Waals surface area contributed by atoms with Crippen molar-refractivity contribution in [2.75, 3.05) is 11.9 Å². The molecule has 7 nitrogen and oxygen atoms in total. The van der Waals surface area contributed by atoms with Gasteiger partial charge in [0.25, 0.3) is 0 Å². The molecule has 1 aliphatic heterocycles. The number of ether oxygens (including phenoxy) is 2. The molecule has 0 saturated carbocycles. The van der Waals surface area contributed by atoms with E-state index in [1.165, 1.54) is 6.33 Å². The van der Waals surface area contributed by atoms with Gasteiger partial charge in [-0.05, 0) is 37.6 Å². The summed E-state index contributed by atoms with van der Waals surface area (Å²) in [6.45, 7) is 4.25. The fraction of sp³-hybridized carbons (Fsp3) is 0.227. The van der Waals surface area contributed by atoms with Crippen LogP contribution in [0.15, 0.2) is 66.1 Å². The Balaban J connectivity index is 1.72. The van der Waals surface area contributed by atoms with Gasteiger partial charge in [0.2, 0.25) is 5.95 Å². The Morgan fingerprint density at radius 3 is 2.73 bits per heavy atom. The Morgan fingerprint density at radius 2 is 1.97 bits per heavy atom. The van der Waals surface area contributed by atoms with Gasteiger partial charge in [-0.15, -0.1) is 0 Å². The predicted octanol–water partition coefficient (Wildman–Crippen LogP) is 4.36. The Kier molecular flexibility index (Phi) is 5.72. The van der Waals surface area contributed by atoms with Crippen LogP contribution in [0.2, 0.25) is 5.02 Å². The summed E-state index contributed by atoms with van der Waals surface area (Å²) in [6.07, 6.45) is 1.45. The monoisotopic (exact) mass is 424 g/mol. The minimum absolute atomic E-state index is 0.279. The molecule has 2 heterocycles. The number of nitrogens with one attached hydrogen (secondary N) is 1. The normalized spacial score (nSPS) is 15.4. The Bertz CT molecular complexity index is 1090. The molecular formula is C22H21ClN4O3. The van der Waals surface area contributed by atoms with Gasteiger partial charge in [-0.1, -0.05) is 41.9 Å². The molecule has 1 atom stereocenters. The number of esters is 1. The number of para-hydroxylation sites is 1. The number of anilines is 1. The van der Waals surface area contributed by atoms with E-state index in [4.69, 9.17) is 21.1 Å². The van der Waals surface area contributed by atoms with Gasteiger partial charge in [-0.2, -0.15) is 10.1 Å². The van der Waals surface area contributed by atoms with Crippen molar-refractivity contribution in [2.24, 2.45) is 0 Å². The molecule has 1 unspecified atom stereocenters. The Labute approximate surface area is 179 Å². The van der Waals surface area contributed by atoms with Crippen LogP contribution in [0.1, 0.15) is 31.0 Å². The van der Waals surface area contributed by atoms with Crippen LogP contribution in [0.5, 0.6) is 5.75 Å². The highest BCUT2D eigenvalue weighted by Gasteiger charge is 2.35. The molecule has 8 heteroatoms. The van der Waals surface area contributed by atoms with Crippen LogP contribution >= 0.6 is 11.6 Å². The average Bonchev–Trinajstić information content (AvgIpc) is 3.21. The van der Waals surface area contributed by atoms with Gasteiger partial charge in [0.15, 0.2) is 0 Å². The van der Waals surface area contributed by atoms with Crippen LogP contribution in [-0.2, 0) is 16.1 Å². The van der Waals surface area contributed by atoms with Crippen molar-refractivity contribution >= 4 is 23.5 Å². The van der Waals surface area contributed by atoms with Gasteiger partial charge < -0.3 is 14.8 Å². The zero-order chi connectivity index (χ0) is 21.1. The van der Waals surface area contributed by atoms with Crippen molar-refractivity contribution < 1.29 is 14.3 Å². The Hall–Kier alpha value is -3.32. The van der Waals surface area contributed by atoms with E-state index < -0.39 is 12.0 Å². The highest BCUT2D eigenvalue weighted by atomic mass is 35.5. The standard InChI is InChI=1S/C22H21ClN4O3/c1-3-29-21(28)19-14(2)26-22-24-13-25-27(22)20(19)17-6-4-5-7-18(17)30-12-15-8-10-16(23)11-9-15/h4-11,13,20H,3,12H2,1-2H3,(H,24,25,26). The number of aromatic nitrogens is 3. The van der Waals surface area contributed by atoms with Crippen LogP contribution in [0.3, 0.4) is 0 Å². The zero-order valence-electron chi connectivity index (χ0n) is 16.6. The van der Waals surface area contributed by atoms with E-state index in [1.54, 1.807) is 11.6 Å². The van der Waals surface area contributed by atoms with Crippen molar-refractivity contribution in [2.45, 2.75) is 26.5 Å². The fourth-order valence-electron chi connectivity index (χ4n) is 3.43. The smallest absolute Gasteiger partial charge is 0.338 e. The summed E-state index contributed by atoms with van der Waals surface area (Å²) in [5, 5.41) is 8.14. The van der Waals surface area contributed by atoms with E-state index in [2.05, 4.69) is 15.4 Å². The van der Waals surface area contributed by atoms with E-state index in [1.807, 2.05) is 55.5 Å². The number of carbonyl (C=O) groups excluding carboxylic acids is 1. The lowest BCUT2D eigenvalue weighted by molar-refractivity contribution is -0.139. The van der Waals surface area contributed by atoms with E-state index in [0.29, 0.717) is 34.6 Å². The lowest BCUT2D eigenvalue weighted by Crippen LogP contribution is -2.30. The van der Waals surface area contributed by atoms with Gasteiger partial charge >= 0.3 is 5.97 Å². The number of halogens is 1. The summed E-state index contributed by atoms with van der Waals surface area (Å²) in [5.41, 5.74) is 2.92. The molecule has 0 fully saturated rings. The molecule has 3 aromatic rings. The molecule has 2 aromatic carbocycles. The molecular weight excluding hydrogens is 404 g/mol. The van der Waals surface area contributed by atoms with Crippen molar-refractivity contribution in [1.29, 1.82) is 0 Å². The van der Waals surface area contributed by atoms with Crippen molar-refractivity contribution in [3.05, 3.63) is 82.3 Å². The number of rotatable bonds is 6. The minimum Gasteiger partial charge on any atom is -0.489 e. The maximum atomic E-state index is 12.8. The van der Waals surface area contributed by atoms with E-state index in [9.17, 15) is 4.79 Å². The second-order valence-corrected chi connectivity index (χ2v) is 7.20. The molecule has 4 rings (SSSR count). The largest absolute Gasteiger partial charge is 0.489 e. The molecule has 1 N–H and O–H groups in total. The zero-order valence-corrected chi connectivity index (χ0v) is 17.4. The first-order valence-electron chi connectivity index (χ1n) is 9.59. The summed E-state index contributed by atoms with van der Waals surface area (Å²) >= 11 is 5.97. The first kappa shape index (κ1) is 20.0. The maximum absolute atomic E-state index is 12.8. The summed E-state index contributed by atoms with van der Waals surface area (Å²) in [6, 6.07) is 14.6. The molecule has 0 bridgehead atoms. The first-order valence-corrected chi connectivity index (χ1v) is 9.97. The predicted molar refractivity (Wildman–Crippen MR) is 113 cm³/mol. The van der Waals surface area contributed by atoms with Gasteiger partial charge in [-0.25, -0.2) is 9.48 Å². The maximum Gasteiger partial charge on any atom is 0.338 e. The van der Waals surface area contributed by atoms with Crippen molar-refractivity contribution in [1.82, 2.24) is 14.8 Å². The molecule has 30 heavy (non-hydrogen) atoms. The molecule has 0 saturated heterocycles. The van der Waals surface area contributed by atoms with Crippen LogP contribution in [0, 0.1) is 0 Å². The van der Waals surface area contributed by atoms with Gasteiger partial charge in [0.05, 0.1) is 12.2 Å². The van der Waals surface area contributed by atoms with E-state index in [-0.39, 0.29) is 6.61 Å². The third kappa shape index (κ3) is 3.89. The highest BCUT2D eigenvalue weighted by Crippen LogP contribution is 2.39. The van der Waals surface area contributed by atoms with Crippen molar-refractivity contribution in [3.8, 4) is 5.75 Å². The van der Waals surface area contributed by atoms with E-state index in [0.717, 1.165) is 11.1 Å². The molecule has 0 aliphatic carbocycles. The Morgan fingerprint density at radius 1 is 1.20 bits per heavy atom. The second-order valence-electron chi connectivity index (χ2n) is 6.77. The van der Waals surface area contributed by atoms with Crippen LogP contribution in [0.4, 0.5) is 5.95 Å². The number of allylic oxidation sites excluding steroid dienone is 1. The number of carbonyl (C=O) groups is 1. The van der Waals surface area contributed by atoms with E-state index >= 15 is 0 Å². The number of nitrogens with zero attached hydrogens (tertiary/aromatic N) is 3. The summed E-state index contributed by atoms with van der Waals surface area (Å²) in [4.78, 5) is 17.1. The topological polar surface area (TPSA) is 78.3 Å². The van der Waals surface area contributed by atoms with Gasteiger partial charge in [0, 0.05) is 16.3 Å². The third-order valence-corrected chi connectivity index (χ3v) is 5.06. The van der Waals surface area contributed by atoms with Gasteiger partial charge in [-0.3, -0.25) is 0 Å². The average molecular weight is 425 g/mol. The highest BCUT2D eigenvalue weighted by molar-refractivity contribution is 6.30. The summed E-state index contributed by atoms with van der Waals surface area (Å²) in [7, 11) is 0. The quantitative estimate of drug-likeness (QED) is 0.592. The minimum atomic E-state index is -0.524. The fourth-order valence-corrected chi connectivity index (χ4v) is 3.56. The molecule has 1 aromatic heterocycles. The van der Waals surface area contributed by atoms with Crippen molar-refractivity contribution in [3.63, 3.8) is 0 Å². The first-order chi connectivity index (χ1) is 14.6. The van der Waals surface area contributed by atoms with Crippen LogP contribution in [0.25, 0.3) is 0 Å². The number of fused-ring (bicyclic) bond motifs is 1. The van der Waals surface area contributed by atoms with Gasteiger partial charge in [0.1, 0.15) is 24.7 Å².